The zero-order valence-electron chi connectivity index (χ0n) is 15.9. The lowest BCUT2D eigenvalue weighted by molar-refractivity contribution is -0.237. The maximum Gasteiger partial charge on any atom is 0.416 e. The van der Waals surface area contributed by atoms with Crippen LogP contribution >= 0.6 is 0 Å². The van der Waals surface area contributed by atoms with Gasteiger partial charge in [-0.05, 0) is 39.5 Å². The van der Waals surface area contributed by atoms with Crippen molar-refractivity contribution < 1.29 is 50.8 Å². The van der Waals surface area contributed by atoms with Crippen molar-refractivity contribution in [1.82, 2.24) is 0 Å². The smallest absolute Gasteiger partial charge is 0.381 e. The highest BCUT2D eigenvalue weighted by Crippen LogP contribution is 2.27. The molecule has 2 N–H and O–H groups in total. The van der Waals surface area contributed by atoms with Gasteiger partial charge in [0.05, 0.1) is 12.2 Å². The van der Waals surface area contributed by atoms with Gasteiger partial charge in [0.15, 0.2) is 12.2 Å². The van der Waals surface area contributed by atoms with Gasteiger partial charge in [-0.15, -0.1) is 0 Å². The molecular formula is C17H28F6O5. The van der Waals surface area contributed by atoms with Crippen molar-refractivity contribution in [2.45, 2.75) is 89.1 Å². The summed E-state index contributed by atoms with van der Waals surface area (Å²) in [5, 5.41) is 18.5. The predicted octanol–water partition coefficient (Wildman–Crippen LogP) is 3.55. The number of rotatable bonds is 14. The molecule has 0 amide bonds. The van der Waals surface area contributed by atoms with Crippen molar-refractivity contribution in [2.75, 3.05) is 13.2 Å². The van der Waals surface area contributed by atoms with Crippen LogP contribution < -0.4 is 0 Å². The molecule has 0 fully saturated rings. The van der Waals surface area contributed by atoms with Crippen LogP contribution in [0.4, 0.5) is 26.3 Å². The number of carbonyl (C=O) groups is 1. The van der Waals surface area contributed by atoms with Crippen LogP contribution in [0, 0.1) is 0 Å². The van der Waals surface area contributed by atoms with Gasteiger partial charge in [-0.25, -0.2) is 0 Å². The number of alkyl halides is 6. The van der Waals surface area contributed by atoms with Crippen molar-refractivity contribution in [3.63, 3.8) is 0 Å². The van der Waals surface area contributed by atoms with Crippen LogP contribution in [-0.4, -0.2) is 66.0 Å². The van der Waals surface area contributed by atoms with E-state index in [0.29, 0.717) is 0 Å². The predicted molar refractivity (Wildman–Crippen MR) is 87.7 cm³/mol. The first-order valence-corrected chi connectivity index (χ1v) is 9.09. The van der Waals surface area contributed by atoms with Gasteiger partial charge in [-0.1, -0.05) is 0 Å². The minimum Gasteiger partial charge on any atom is -0.381 e. The summed E-state index contributed by atoms with van der Waals surface area (Å²) in [6.07, 6.45) is -18.4. The van der Waals surface area contributed by atoms with Gasteiger partial charge >= 0.3 is 12.4 Å². The van der Waals surface area contributed by atoms with E-state index in [-0.39, 0.29) is 57.5 Å². The van der Waals surface area contributed by atoms with Gasteiger partial charge in [0.1, 0.15) is 5.78 Å². The van der Waals surface area contributed by atoms with Gasteiger partial charge in [0, 0.05) is 26.1 Å². The lowest BCUT2D eigenvalue weighted by Gasteiger charge is -2.25. The highest BCUT2D eigenvalue weighted by atomic mass is 19.4. The van der Waals surface area contributed by atoms with E-state index in [2.05, 4.69) is 0 Å². The van der Waals surface area contributed by atoms with Gasteiger partial charge in [0.25, 0.3) is 0 Å². The Morgan fingerprint density at radius 2 is 1.11 bits per heavy atom. The lowest BCUT2D eigenvalue weighted by Crippen LogP contribution is -2.41. The Kier molecular flexibility index (Phi) is 12.2. The fraction of sp³-hybridized carbons (Fsp3) is 0.941. The molecule has 0 aromatic rings. The first-order chi connectivity index (χ1) is 12.8. The van der Waals surface area contributed by atoms with Crippen molar-refractivity contribution in [2.24, 2.45) is 0 Å². The lowest BCUT2D eigenvalue weighted by atomic mass is 10.0. The van der Waals surface area contributed by atoms with Crippen LogP contribution in [0.25, 0.3) is 0 Å². The van der Waals surface area contributed by atoms with E-state index in [1.165, 1.54) is 13.8 Å². The number of aliphatic hydroxyl groups is 2. The molecule has 0 aromatic heterocycles. The molecule has 11 heteroatoms. The highest BCUT2D eigenvalue weighted by molar-refractivity contribution is 5.78. The van der Waals surface area contributed by atoms with Crippen molar-refractivity contribution >= 4 is 5.78 Å². The van der Waals surface area contributed by atoms with Crippen LogP contribution in [0.3, 0.4) is 0 Å². The minimum absolute atomic E-state index is 0.0356. The van der Waals surface area contributed by atoms with E-state index in [4.69, 9.17) is 9.47 Å². The fourth-order valence-corrected chi connectivity index (χ4v) is 2.64. The summed E-state index contributed by atoms with van der Waals surface area (Å²) in [7, 11) is 0. The molecule has 0 aliphatic carbocycles. The van der Waals surface area contributed by atoms with E-state index in [0.717, 1.165) is 0 Å². The molecule has 5 nitrogen and oxygen atoms in total. The van der Waals surface area contributed by atoms with Gasteiger partial charge < -0.3 is 19.7 Å². The molecule has 0 saturated carbocycles. The monoisotopic (exact) mass is 426 g/mol. The van der Waals surface area contributed by atoms with Crippen LogP contribution in [-0.2, 0) is 14.3 Å². The second-order valence-corrected chi connectivity index (χ2v) is 6.28. The van der Waals surface area contributed by atoms with Crippen molar-refractivity contribution in [3.05, 3.63) is 0 Å². The zero-order chi connectivity index (χ0) is 22.0. The third kappa shape index (κ3) is 10.6. The molecule has 4 atom stereocenters. The molecule has 0 spiro atoms. The Labute approximate surface area is 160 Å². The van der Waals surface area contributed by atoms with E-state index >= 15 is 0 Å². The summed E-state index contributed by atoms with van der Waals surface area (Å²) in [5.41, 5.74) is 0. The largest absolute Gasteiger partial charge is 0.416 e. The van der Waals surface area contributed by atoms with Crippen molar-refractivity contribution in [1.29, 1.82) is 0 Å². The van der Waals surface area contributed by atoms with Crippen LogP contribution in [0.5, 0.6) is 0 Å². The van der Waals surface area contributed by atoms with Crippen LogP contribution in [0.1, 0.15) is 52.4 Å². The number of ketones is 1. The molecule has 0 aliphatic heterocycles. The quantitative estimate of drug-likeness (QED) is 0.416. The summed E-state index contributed by atoms with van der Waals surface area (Å²) in [5.74, 6) is -0.339. The SMILES string of the molecule is CCO[C@@H](CCCC(=O)CCC[C@H](OCC)C(O)C(F)(F)F)C(O)C(F)(F)F. The summed E-state index contributed by atoms with van der Waals surface area (Å²) in [6.45, 7) is 2.88. The van der Waals surface area contributed by atoms with Gasteiger partial charge in [-0.3, -0.25) is 4.79 Å². The summed E-state index contributed by atoms with van der Waals surface area (Å²) in [6, 6.07) is 0. The van der Waals surface area contributed by atoms with E-state index in [1.807, 2.05) is 0 Å². The van der Waals surface area contributed by atoms with E-state index < -0.39 is 36.8 Å². The van der Waals surface area contributed by atoms with Gasteiger partial charge in [-0.2, -0.15) is 26.3 Å². The molecule has 0 saturated heterocycles. The first-order valence-electron chi connectivity index (χ1n) is 9.09. The topological polar surface area (TPSA) is 76.0 Å². The fourth-order valence-electron chi connectivity index (χ4n) is 2.64. The molecule has 168 valence electrons. The molecule has 0 aliphatic rings. The number of hydrogen-bond donors (Lipinski definition) is 2. The second kappa shape index (κ2) is 12.6. The molecule has 0 heterocycles. The normalized spacial score (nSPS) is 17.2. The van der Waals surface area contributed by atoms with Crippen molar-refractivity contribution in [3.8, 4) is 0 Å². The number of aliphatic hydroxyl groups excluding tert-OH is 2. The average molecular weight is 426 g/mol. The molecule has 0 bridgehead atoms. The minimum atomic E-state index is -4.84. The average Bonchev–Trinajstić information content (AvgIpc) is 2.57. The first kappa shape index (κ1) is 27.1. The number of ether oxygens (including phenoxy) is 2. The molecule has 2 unspecified atom stereocenters. The molecule has 0 rings (SSSR count). The van der Waals surface area contributed by atoms with Crippen LogP contribution in [0.15, 0.2) is 0 Å². The number of halogens is 6. The van der Waals surface area contributed by atoms with Gasteiger partial charge in [0.2, 0.25) is 0 Å². The van der Waals surface area contributed by atoms with E-state index in [9.17, 15) is 41.4 Å². The summed E-state index contributed by atoms with van der Waals surface area (Å²) < 4.78 is 85.1. The zero-order valence-corrected chi connectivity index (χ0v) is 15.9. The number of hydrogen-bond acceptors (Lipinski definition) is 5. The highest BCUT2D eigenvalue weighted by Gasteiger charge is 2.44. The number of carbonyl (C=O) groups excluding carboxylic acids is 1. The standard InChI is InChI=1S/C17H28F6O5/c1-3-27-12(14(25)16(18,19)20)9-5-7-11(24)8-6-10-13(28-4-2)15(26)17(21,22)23/h12-15,25-26H,3-10H2,1-2H3/t12-,13-,14?,15?/m0/s1. The molecule has 0 aromatic carbocycles. The Hall–Kier alpha value is -0.910. The third-order valence-corrected chi connectivity index (χ3v) is 4.03. The third-order valence-electron chi connectivity index (χ3n) is 4.03. The van der Waals surface area contributed by atoms with E-state index in [1.54, 1.807) is 0 Å². The van der Waals surface area contributed by atoms with Crippen LogP contribution in [0.2, 0.25) is 0 Å². The maximum absolute atomic E-state index is 12.6. The Bertz CT molecular complexity index is 403. The Morgan fingerprint density at radius 3 is 1.36 bits per heavy atom. The molecular weight excluding hydrogens is 398 g/mol. The summed E-state index contributed by atoms with van der Waals surface area (Å²) >= 11 is 0. The Balaban J connectivity index is 4.36. The second-order valence-electron chi connectivity index (χ2n) is 6.28. The molecule has 28 heavy (non-hydrogen) atoms. The molecule has 0 radical (unpaired) electrons. The Morgan fingerprint density at radius 1 is 0.786 bits per heavy atom. The number of Topliss-reactive ketones (excluding diaryl/α,β-unsaturated/α-hetero) is 1. The summed E-state index contributed by atoms with van der Waals surface area (Å²) in [4.78, 5) is 11.8. The maximum atomic E-state index is 12.6.